The van der Waals surface area contributed by atoms with Crippen LogP contribution in [0.3, 0.4) is 0 Å². The van der Waals surface area contributed by atoms with Gasteiger partial charge in [-0.2, -0.15) is 0 Å². The lowest BCUT2D eigenvalue weighted by Crippen LogP contribution is -2.39. The van der Waals surface area contributed by atoms with Crippen molar-refractivity contribution < 1.29 is 15.0 Å². The van der Waals surface area contributed by atoms with E-state index < -0.39 is 18.1 Å². The number of rotatable bonds is 5. The molecule has 3 heteroatoms. The van der Waals surface area contributed by atoms with Crippen LogP contribution in [0.1, 0.15) is 34.1 Å². The average molecular weight is 188 g/mol. The summed E-state index contributed by atoms with van der Waals surface area (Å²) in [4.78, 5) is 11.2. The Morgan fingerprint density at radius 2 is 1.77 bits per heavy atom. The highest BCUT2D eigenvalue weighted by atomic mass is 16.3. The molecule has 3 atom stereocenters. The van der Waals surface area contributed by atoms with E-state index in [2.05, 4.69) is 0 Å². The lowest BCUT2D eigenvalue weighted by Gasteiger charge is -2.27. The van der Waals surface area contributed by atoms with E-state index in [9.17, 15) is 15.0 Å². The molecule has 0 unspecified atom stereocenters. The van der Waals surface area contributed by atoms with E-state index in [0.717, 1.165) is 0 Å². The first-order valence-electron chi connectivity index (χ1n) is 4.78. The maximum Gasteiger partial charge on any atom is 0.138 e. The fourth-order valence-corrected chi connectivity index (χ4v) is 1.41. The van der Waals surface area contributed by atoms with Gasteiger partial charge in [-0.15, -0.1) is 0 Å². The Kier molecular flexibility index (Phi) is 5.18. The average Bonchev–Trinajstić information content (AvgIpc) is 2.03. The Morgan fingerprint density at radius 3 is 2.00 bits per heavy atom. The van der Waals surface area contributed by atoms with E-state index in [4.69, 9.17) is 0 Å². The molecule has 0 aliphatic carbocycles. The third-order valence-corrected chi connectivity index (χ3v) is 2.35. The zero-order chi connectivity index (χ0) is 10.6. The number of ketones is 1. The second-order valence-corrected chi connectivity index (χ2v) is 3.85. The maximum absolute atomic E-state index is 11.2. The molecular formula is C10H20O3. The molecule has 0 aliphatic heterocycles. The van der Waals surface area contributed by atoms with Gasteiger partial charge < -0.3 is 10.2 Å². The number of Topliss-reactive ketones (excluding diaryl/α,β-unsaturated/α-hetero) is 1. The van der Waals surface area contributed by atoms with Crippen molar-refractivity contribution in [2.24, 2.45) is 11.8 Å². The van der Waals surface area contributed by atoms with Gasteiger partial charge in [0.1, 0.15) is 5.78 Å². The van der Waals surface area contributed by atoms with Crippen LogP contribution in [0.15, 0.2) is 0 Å². The van der Waals surface area contributed by atoms with Crippen molar-refractivity contribution >= 4 is 5.78 Å². The van der Waals surface area contributed by atoms with Gasteiger partial charge in [-0.3, -0.25) is 4.79 Å². The van der Waals surface area contributed by atoms with Crippen molar-refractivity contribution in [1.82, 2.24) is 0 Å². The molecule has 0 aromatic carbocycles. The van der Waals surface area contributed by atoms with Crippen LogP contribution in [0, 0.1) is 11.8 Å². The van der Waals surface area contributed by atoms with E-state index in [1.54, 1.807) is 6.92 Å². The molecule has 0 radical (unpaired) electrons. The van der Waals surface area contributed by atoms with Gasteiger partial charge in [-0.1, -0.05) is 20.8 Å². The standard InChI is InChI=1S/C10H20O3/c1-5-8(12)9(7(4)11)10(13)6(2)3/h6,8-10,12-13H,5H2,1-4H3/t8-,9-,10+/m1/s1. The first kappa shape index (κ1) is 12.6. The first-order chi connectivity index (χ1) is 5.91. The molecule has 0 rings (SSSR count). The van der Waals surface area contributed by atoms with Crippen LogP contribution in [0.5, 0.6) is 0 Å². The number of aliphatic hydroxyl groups is 2. The van der Waals surface area contributed by atoms with Gasteiger partial charge >= 0.3 is 0 Å². The van der Waals surface area contributed by atoms with Crippen LogP contribution in [-0.2, 0) is 4.79 Å². The number of carbonyl (C=O) groups is 1. The summed E-state index contributed by atoms with van der Waals surface area (Å²) in [5, 5.41) is 19.2. The molecule has 13 heavy (non-hydrogen) atoms. The fourth-order valence-electron chi connectivity index (χ4n) is 1.41. The Balaban J connectivity index is 4.50. The highest BCUT2D eigenvalue weighted by Gasteiger charge is 2.31. The van der Waals surface area contributed by atoms with Crippen molar-refractivity contribution in [1.29, 1.82) is 0 Å². The van der Waals surface area contributed by atoms with Gasteiger partial charge in [-0.25, -0.2) is 0 Å². The number of carbonyl (C=O) groups excluding carboxylic acids is 1. The molecule has 0 saturated heterocycles. The van der Waals surface area contributed by atoms with E-state index in [0.29, 0.717) is 6.42 Å². The molecule has 3 nitrogen and oxygen atoms in total. The normalized spacial score (nSPS) is 18.4. The van der Waals surface area contributed by atoms with Crippen molar-refractivity contribution in [3.05, 3.63) is 0 Å². The summed E-state index contributed by atoms with van der Waals surface area (Å²) in [5.74, 6) is -0.782. The topological polar surface area (TPSA) is 57.5 Å². The van der Waals surface area contributed by atoms with Crippen LogP contribution in [0.2, 0.25) is 0 Å². The van der Waals surface area contributed by atoms with Gasteiger partial charge in [-0.05, 0) is 19.3 Å². The zero-order valence-electron chi connectivity index (χ0n) is 8.82. The smallest absolute Gasteiger partial charge is 0.138 e. The summed E-state index contributed by atoms with van der Waals surface area (Å²) in [6.07, 6.45) is -0.976. The molecule has 0 aliphatic rings. The summed E-state index contributed by atoms with van der Waals surface area (Å²) in [6.45, 7) is 6.88. The van der Waals surface area contributed by atoms with Crippen molar-refractivity contribution in [3.63, 3.8) is 0 Å². The predicted octanol–water partition coefficient (Wildman–Crippen LogP) is 0.979. The van der Waals surface area contributed by atoms with Crippen LogP contribution in [-0.4, -0.2) is 28.2 Å². The molecule has 0 aromatic heterocycles. The van der Waals surface area contributed by atoms with Crippen LogP contribution in [0.4, 0.5) is 0 Å². The number of aliphatic hydroxyl groups excluding tert-OH is 2. The van der Waals surface area contributed by atoms with Gasteiger partial charge in [0.15, 0.2) is 0 Å². The van der Waals surface area contributed by atoms with Crippen LogP contribution >= 0.6 is 0 Å². The third kappa shape index (κ3) is 3.44. The molecule has 78 valence electrons. The van der Waals surface area contributed by atoms with Gasteiger partial charge in [0.2, 0.25) is 0 Å². The lowest BCUT2D eigenvalue weighted by molar-refractivity contribution is -0.131. The van der Waals surface area contributed by atoms with Gasteiger partial charge in [0, 0.05) is 0 Å². The first-order valence-corrected chi connectivity index (χ1v) is 4.78. The highest BCUT2D eigenvalue weighted by molar-refractivity contribution is 5.79. The van der Waals surface area contributed by atoms with Crippen LogP contribution < -0.4 is 0 Å². The van der Waals surface area contributed by atoms with E-state index in [1.807, 2.05) is 13.8 Å². The van der Waals surface area contributed by atoms with E-state index in [-0.39, 0.29) is 11.7 Å². The Labute approximate surface area is 79.8 Å². The van der Waals surface area contributed by atoms with E-state index >= 15 is 0 Å². The second-order valence-electron chi connectivity index (χ2n) is 3.85. The zero-order valence-corrected chi connectivity index (χ0v) is 8.82. The molecule has 0 spiro atoms. The van der Waals surface area contributed by atoms with E-state index in [1.165, 1.54) is 6.92 Å². The molecule has 0 aromatic rings. The minimum absolute atomic E-state index is 0.00454. The molecule has 0 amide bonds. The van der Waals surface area contributed by atoms with Crippen molar-refractivity contribution in [2.45, 2.75) is 46.3 Å². The minimum atomic E-state index is -0.743. The third-order valence-electron chi connectivity index (χ3n) is 2.35. The summed E-state index contributed by atoms with van der Waals surface area (Å²) in [7, 11) is 0. The number of hydrogen-bond donors (Lipinski definition) is 2. The Morgan fingerprint density at radius 1 is 1.31 bits per heavy atom. The molecule has 2 N–H and O–H groups in total. The largest absolute Gasteiger partial charge is 0.392 e. The Hall–Kier alpha value is -0.410. The predicted molar refractivity (Wildman–Crippen MR) is 51.3 cm³/mol. The fraction of sp³-hybridized carbons (Fsp3) is 0.900. The maximum atomic E-state index is 11.2. The van der Waals surface area contributed by atoms with Crippen molar-refractivity contribution in [2.75, 3.05) is 0 Å². The molecule has 0 saturated carbocycles. The SMILES string of the molecule is CC[C@@H](O)[C@@H](C(C)=O)[C@@H](O)C(C)C. The van der Waals surface area contributed by atoms with Crippen molar-refractivity contribution in [3.8, 4) is 0 Å². The van der Waals surface area contributed by atoms with Gasteiger partial charge in [0.05, 0.1) is 18.1 Å². The monoisotopic (exact) mass is 188 g/mol. The molecular weight excluding hydrogens is 168 g/mol. The Bertz CT molecular complexity index is 166. The second kappa shape index (κ2) is 5.35. The highest BCUT2D eigenvalue weighted by Crippen LogP contribution is 2.19. The minimum Gasteiger partial charge on any atom is -0.392 e. The van der Waals surface area contributed by atoms with Gasteiger partial charge in [0.25, 0.3) is 0 Å². The molecule has 0 fully saturated rings. The number of hydrogen-bond acceptors (Lipinski definition) is 3. The summed E-state index contributed by atoms with van der Waals surface area (Å²) in [6, 6.07) is 0. The molecule has 0 bridgehead atoms. The summed E-state index contributed by atoms with van der Waals surface area (Å²) in [5.41, 5.74) is 0. The summed E-state index contributed by atoms with van der Waals surface area (Å²) >= 11 is 0. The molecule has 0 heterocycles. The quantitative estimate of drug-likeness (QED) is 0.676. The van der Waals surface area contributed by atoms with Crippen LogP contribution in [0.25, 0.3) is 0 Å². The summed E-state index contributed by atoms with van der Waals surface area (Å²) < 4.78 is 0. The lowest BCUT2D eigenvalue weighted by atomic mass is 9.85.